The van der Waals surface area contributed by atoms with Gasteiger partial charge in [0.05, 0.1) is 6.54 Å². The Morgan fingerprint density at radius 3 is 2.52 bits per heavy atom. The summed E-state index contributed by atoms with van der Waals surface area (Å²) in [6, 6.07) is 10.6. The van der Waals surface area contributed by atoms with E-state index in [-0.39, 0.29) is 18.5 Å². The number of rotatable bonds is 9. The first-order valence-corrected chi connectivity index (χ1v) is 9.05. The van der Waals surface area contributed by atoms with Crippen molar-refractivity contribution in [2.24, 2.45) is 5.92 Å². The van der Waals surface area contributed by atoms with Gasteiger partial charge in [0.2, 0.25) is 5.91 Å². The van der Waals surface area contributed by atoms with Crippen LogP contribution in [0.4, 0.5) is 5.82 Å². The summed E-state index contributed by atoms with van der Waals surface area (Å²) in [7, 11) is 0. The number of anilines is 1. The monoisotopic (exact) mass is 343 g/mol. The van der Waals surface area contributed by atoms with Gasteiger partial charge in [-0.1, -0.05) is 56.6 Å². The molecule has 2 rings (SSSR count). The molecule has 2 aromatic rings. The van der Waals surface area contributed by atoms with Crippen molar-refractivity contribution in [2.75, 3.05) is 11.9 Å². The number of aryl methyl sites for hydroxylation is 2. The average molecular weight is 343 g/mol. The molecule has 0 spiro atoms. The molecule has 0 bridgehead atoms. The van der Waals surface area contributed by atoms with Crippen molar-refractivity contribution in [3.8, 4) is 0 Å². The van der Waals surface area contributed by atoms with Crippen LogP contribution in [0.25, 0.3) is 0 Å². The van der Waals surface area contributed by atoms with Gasteiger partial charge in [0.1, 0.15) is 5.76 Å². The molecule has 0 saturated carbocycles. The first kappa shape index (κ1) is 19.2. The minimum atomic E-state index is -0.126. The SMILES string of the molecule is CCCCc1ccc([C@H](NCC(=O)Nc2cc(C)on2)C(C)C)cc1. The molecule has 0 saturated heterocycles. The molecule has 5 heteroatoms. The van der Waals surface area contributed by atoms with E-state index in [4.69, 9.17) is 4.52 Å². The lowest BCUT2D eigenvalue weighted by molar-refractivity contribution is -0.115. The van der Waals surface area contributed by atoms with Crippen molar-refractivity contribution in [1.29, 1.82) is 0 Å². The molecule has 1 aromatic heterocycles. The zero-order valence-corrected chi connectivity index (χ0v) is 15.6. The van der Waals surface area contributed by atoms with E-state index in [2.05, 4.69) is 60.8 Å². The minimum absolute atomic E-state index is 0.126. The van der Waals surface area contributed by atoms with Gasteiger partial charge in [0.15, 0.2) is 5.82 Å². The summed E-state index contributed by atoms with van der Waals surface area (Å²) in [6.45, 7) is 8.54. The lowest BCUT2D eigenvalue weighted by atomic mass is 9.94. The fraction of sp³-hybridized carbons (Fsp3) is 0.500. The summed E-state index contributed by atoms with van der Waals surface area (Å²) in [5.41, 5.74) is 2.58. The fourth-order valence-corrected chi connectivity index (χ4v) is 2.83. The standard InChI is InChI=1S/C20H29N3O2/c1-5-6-7-16-8-10-17(11-9-16)20(14(2)3)21-13-19(24)22-18-12-15(4)25-23-18/h8-12,14,20-21H,5-7,13H2,1-4H3,(H,22,23,24)/t20-/m1/s1. The van der Waals surface area contributed by atoms with Crippen molar-refractivity contribution in [1.82, 2.24) is 10.5 Å². The van der Waals surface area contributed by atoms with Crippen LogP contribution in [0.15, 0.2) is 34.9 Å². The molecule has 25 heavy (non-hydrogen) atoms. The van der Waals surface area contributed by atoms with Crippen LogP contribution in [-0.2, 0) is 11.2 Å². The number of aromatic nitrogens is 1. The van der Waals surface area contributed by atoms with E-state index in [9.17, 15) is 4.79 Å². The molecule has 1 atom stereocenters. The largest absolute Gasteiger partial charge is 0.360 e. The zero-order valence-electron chi connectivity index (χ0n) is 15.6. The topological polar surface area (TPSA) is 67.2 Å². The first-order valence-electron chi connectivity index (χ1n) is 9.05. The summed E-state index contributed by atoms with van der Waals surface area (Å²) in [5.74, 6) is 1.37. The predicted molar refractivity (Wildman–Crippen MR) is 101 cm³/mol. The minimum Gasteiger partial charge on any atom is -0.360 e. The number of benzene rings is 1. The number of carbonyl (C=O) groups is 1. The molecule has 0 radical (unpaired) electrons. The van der Waals surface area contributed by atoms with Gasteiger partial charge in [-0.05, 0) is 36.8 Å². The van der Waals surface area contributed by atoms with Crippen LogP contribution < -0.4 is 10.6 Å². The van der Waals surface area contributed by atoms with Gasteiger partial charge in [0.25, 0.3) is 0 Å². The van der Waals surface area contributed by atoms with Crippen LogP contribution in [0.3, 0.4) is 0 Å². The van der Waals surface area contributed by atoms with E-state index >= 15 is 0 Å². The second-order valence-electron chi connectivity index (χ2n) is 6.82. The number of carbonyl (C=O) groups excluding carboxylic acids is 1. The molecule has 0 unspecified atom stereocenters. The number of nitrogens with zero attached hydrogens (tertiary/aromatic N) is 1. The smallest absolute Gasteiger partial charge is 0.239 e. The summed E-state index contributed by atoms with van der Waals surface area (Å²) in [5, 5.41) is 9.86. The highest BCUT2D eigenvalue weighted by atomic mass is 16.5. The predicted octanol–water partition coefficient (Wildman–Crippen LogP) is 4.25. The lowest BCUT2D eigenvalue weighted by Crippen LogP contribution is -2.33. The van der Waals surface area contributed by atoms with E-state index in [1.54, 1.807) is 13.0 Å². The van der Waals surface area contributed by atoms with E-state index < -0.39 is 0 Å². The molecule has 0 aliphatic rings. The third-order valence-corrected chi connectivity index (χ3v) is 4.20. The zero-order chi connectivity index (χ0) is 18.2. The van der Waals surface area contributed by atoms with Crippen LogP contribution in [0, 0.1) is 12.8 Å². The highest BCUT2D eigenvalue weighted by Gasteiger charge is 2.17. The lowest BCUT2D eigenvalue weighted by Gasteiger charge is -2.23. The summed E-state index contributed by atoms with van der Waals surface area (Å²) in [4.78, 5) is 12.1. The second-order valence-corrected chi connectivity index (χ2v) is 6.82. The number of nitrogens with one attached hydrogen (secondary N) is 2. The van der Waals surface area contributed by atoms with Crippen LogP contribution in [0.1, 0.15) is 56.5 Å². The molecule has 0 aliphatic carbocycles. The van der Waals surface area contributed by atoms with Crippen molar-refractivity contribution < 1.29 is 9.32 Å². The van der Waals surface area contributed by atoms with E-state index in [0.29, 0.717) is 17.5 Å². The highest BCUT2D eigenvalue weighted by molar-refractivity contribution is 5.91. The summed E-state index contributed by atoms with van der Waals surface area (Å²) >= 11 is 0. The van der Waals surface area contributed by atoms with E-state index in [1.165, 1.54) is 24.0 Å². The first-order chi connectivity index (χ1) is 12.0. The molecule has 1 aromatic carbocycles. The quantitative estimate of drug-likeness (QED) is 0.714. The fourth-order valence-electron chi connectivity index (χ4n) is 2.83. The third kappa shape index (κ3) is 6.02. The van der Waals surface area contributed by atoms with Crippen molar-refractivity contribution in [2.45, 2.75) is 53.0 Å². The molecule has 0 aliphatic heterocycles. The van der Waals surface area contributed by atoms with Crippen LogP contribution in [0.2, 0.25) is 0 Å². The second kappa shape index (κ2) is 9.37. The average Bonchev–Trinajstić information content (AvgIpc) is 2.98. The summed E-state index contributed by atoms with van der Waals surface area (Å²) < 4.78 is 4.95. The van der Waals surface area contributed by atoms with Gasteiger partial charge in [-0.2, -0.15) is 0 Å². The third-order valence-electron chi connectivity index (χ3n) is 4.20. The molecule has 1 heterocycles. The van der Waals surface area contributed by atoms with Crippen molar-refractivity contribution >= 4 is 11.7 Å². The van der Waals surface area contributed by atoms with Gasteiger partial charge in [0, 0.05) is 12.1 Å². The Bertz CT molecular complexity index is 662. The van der Waals surface area contributed by atoms with Gasteiger partial charge >= 0.3 is 0 Å². The Kier molecular flexibility index (Phi) is 7.19. The molecular weight excluding hydrogens is 314 g/mol. The molecule has 1 amide bonds. The number of hydrogen-bond donors (Lipinski definition) is 2. The normalized spacial score (nSPS) is 12.4. The Hall–Kier alpha value is -2.14. The Labute approximate surface area is 150 Å². The van der Waals surface area contributed by atoms with Crippen molar-refractivity contribution in [3.05, 3.63) is 47.2 Å². The number of hydrogen-bond acceptors (Lipinski definition) is 4. The maximum Gasteiger partial charge on any atom is 0.239 e. The van der Waals surface area contributed by atoms with Crippen LogP contribution >= 0.6 is 0 Å². The van der Waals surface area contributed by atoms with Crippen molar-refractivity contribution in [3.63, 3.8) is 0 Å². The van der Waals surface area contributed by atoms with Gasteiger partial charge < -0.3 is 15.2 Å². The maximum absolute atomic E-state index is 12.1. The van der Waals surface area contributed by atoms with Crippen LogP contribution in [0.5, 0.6) is 0 Å². The molecule has 136 valence electrons. The summed E-state index contributed by atoms with van der Waals surface area (Å²) in [6.07, 6.45) is 3.54. The molecule has 0 fully saturated rings. The van der Waals surface area contributed by atoms with Crippen LogP contribution in [-0.4, -0.2) is 17.6 Å². The number of amides is 1. The van der Waals surface area contributed by atoms with Gasteiger partial charge in [-0.3, -0.25) is 4.79 Å². The Morgan fingerprint density at radius 2 is 1.96 bits per heavy atom. The Balaban J connectivity index is 1.92. The molecular formula is C20H29N3O2. The highest BCUT2D eigenvalue weighted by Crippen LogP contribution is 2.22. The van der Waals surface area contributed by atoms with Gasteiger partial charge in [-0.25, -0.2) is 0 Å². The van der Waals surface area contributed by atoms with E-state index in [0.717, 1.165) is 6.42 Å². The Morgan fingerprint density at radius 1 is 1.24 bits per heavy atom. The molecule has 5 nitrogen and oxygen atoms in total. The number of unbranched alkanes of at least 4 members (excludes halogenated alkanes) is 1. The molecule has 2 N–H and O–H groups in total. The maximum atomic E-state index is 12.1. The van der Waals surface area contributed by atoms with Gasteiger partial charge in [-0.15, -0.1) is 0 Å². The van der Waals surface area contributed by atoms with E-state index in [1.807, 2.05) is 0 Å².